The lowest BCUT2D eigenvalue weighted by molar-refractivity contribution is 0.0495. The second-order valence-corrected chi connectivity index (χ2v) is 3.21. The lowest BCUT2D eigenvalue weighted by Crippen LogP contribution is -2.02. The molecule has 0 fully saturated rings. The van der Waals surface area contributed by atoms with Crippen LogP contribution in [0.2, 0.25) is 0 Å². The molecule has 0 aliphatic rings. The van der Waals surface area contributed by atoms with E-state index in [1.165, 1.54) is 18.2 Å². The van der Waals surface area contributed by atoms with Gasteiger partial charge < -0.3 is 0 Å². The molecular weight excluding hydrogens is 233 g/mol. The summed E-state index contributed by atoms with van der Waals surface area (Å²) in [6, 6.07) is 5.86. The molecule has 12 heavy (non-hydrogen) atoms. The van der Waals surface area contributed by atoms with Crippen LogP contribution in [0.5, 0.6) is 0 Å². The molecule has 0 N–H and O–H groups in total. The van der Waals surface area contributed by atoms with Gasteiger partial charge in [0, 0.05) is 4.47 Å². The Hall–Kier alpha value is -0.510. The van der Waals surface area contributed by atoms with E-state index in [4.69, 9.17) is 0 Å². The van der Waals surface area contributed by atoms with Crippen molar-refractivity contribution in [2.45, 2.75) is 12.6 Å². The Morgan fingerprint density at radius 2 is 1.83 bits per heavy atom. The highest BCUT2D eigenvalue weighted by Crippen LogP contribution is 2.26. The van der Waals surface area contributed by atoms with Crippen molar-refractivity contribution < 1.29 is 13.2 Å². The van der Waals surface area contributed by atoms with Crippen molar-refractivity contribution in [3.63, 3.8) is 0 Å². The molecule has 0 aromatic heterocycles. The highest BCUT2D eigenvalue weighted by atomic mass is 79.9. The van der Waals surface area contributed by atoms with E-state index in [1.54, 1.807) is 6.07 Å². The molecule has 4 heteroatoms. The Bertz CT molecular complexity index is 262. The minimum absolute atomic E-state index is 0.000579. The second kappa shape index (κ2) is 3.94. The molecule has 0 heterocycles. The van der Waals surface area contributed by atoms with Crippen molar-refractivity contribution in [2.75, 3.05) is 0 Å². The molecule has 1 rings (SSSR count). The first-order chi connectivity index (χ1) is 5.61. The molecular formula is C8H6BrF3. The number of alkyl halides is 3. The maximum absolute atomic E-state index is 12.7. The zero-order valence-electron chi connectivity index (χ0n) is 5.98. The molecule has 0 bridgehead atoms. The smallest absolute Gasteiger partial charge is 0.236 e. The van der Waals surface area contributed by atoms with Crippen molar-refractivity contribution in [1.29, 1.82) is 0 Å². The summed E-state index contributed by atoms with van der Waals surface area (Å²) in [4.78, 5) is 0. The predicted octanol–water partition coefficient (Wildman–Crippen LogP) is 3.72. The number of hydrogen-bond donors (Lipinski definition) is 0. The monoisotopic (exact) mass is 238 g/mol. The minimum Gasteiger partial charge on any atom is -0.236 e. The molecule has 0 aliphatic heterocycles. The highest BCUT2D eigenvalue weighted by Gasteiger charge is 2.20. The van der Waals surface area contributed by atoms with Gasteiger partial charge in [-0.15, -0.1) is 0 Å². The van der Waals surface area contributed by atoms with Crippen LogP contribution in [0.15, 0.2) is 28.7 Å². The third kappa shape index (κ3) is 2.24. The summed E-state index contributed by atoms with van der Waals surface area (Å²) in [6.45, 7) is 0. The Labute approximate surface area is 76.5 Å². The molecule has 0 spiro atoms. The van der Waals surface area contributed by atoms with E-state index in [1.807, 2.05) is 0 Å². The Balaban J connectivity index is 2.88. The Kier molecular flexibility index (Phi) is 3.14. The first-order valence-corrected chi connectivity index (χ1v) is 4.08. The normalized spacial score (nSPS) is 13.4. The molecule has 66 valence electrons. The summed E-state index contributed by atoms with van der Waals surface area (Å²) in [5, 5.41) is 0. The van der Waals surface area contributed by atoms with Gasteiger partial charge in [-0.3, -0.25) is 0 Å². The summed E-state index contributed by atoms with van der Waals surface area (Å²) in [7, 11) is 0. The molecule has 0 saturated heterocycles. The van der Waals surface area contributed by atoms with E-state index in [-0.39, 0.29) is 5.56 Å². The molecule has 0 nitrogen and oxygen atoms in total. The van der Waals surface area contributed by atoms with E-state index in [9.17, 15) is 13.2 Å². The van der Waals surface area contributed by atoms with Crippen LogP contribution in [0.1, 0.15) is 11.7 Å². The fourth-order valence-corrected chi connectivity index (χ4v) is 1.24. The molecule has 0 radical (unpaired) electrons. The van der Waals surface area contributed by atoms with Crippen LogP contribution in [0.3, 0.4) is 0 Å². The number of hydrogen-bond acceptors (Lipinski definition) is 0. The lowest BCUT2D eigenvalue weighted by Gasteiger charge is -2.06. The average Bonchev–Trinajstić information content (AvgIpc) is 2.03. The number of rotatable bonds is 2. The van der Waals surface area contributed by atoms with Gasteiger partial charge in [0.1, 0.15) is 0 Å². The summed E-state index contributed by atoms with van der Waals surface area (Å²) < 4.78 is 37.0. The molecule has 1 unspecified atom stereocenters. The van der Waals surface area contributed by atoms with E-state index < -0.39 is 12.6 Å². The van der Waals surface area contributed by atoms with Crippen molar-refractivity contribution in [3.05, 3.63) is 34.3 Å². The van der Waals surface area contributed by atoms with Crippen molar-refractivity contribution in [3.8, 4) is 0 Å². The topological polar surface area (TPSA) is 0 Å². The highest BCUT2D eigenvalue weighted by molar-refractivity contribution is 9.10. The van der Waals surface area contributed by atoms with E-state index in [2.05, 4.69) is 15.9 Å². The zero-order chi connectivity index (χ0) is 9.14. The van der Waals surface area contributed by atoms with Gasteiger partial charge in [-0.25, -0.2) is 13.2 Å². The van der Waals surface area contributed by atoms with Gasteiger partial charge in [-0.1, -0.05) is 28.1 Å². The molecule has 0 aliphatic carbocycles. The van der Waals surface area contributed by atoms with Crippen LogP contribution in [0.25, 0.3) is 0 Å². The standard InChI is InChI=1S/C8H6BrF3/c9-6-3-1-2-5(4-6)7(10)8(11)12/h1-4,7-8H. The van der Waals surface area contributed by atoms with Gasteiger partial charge in [0.05, 0.1) is 0 Å². The van der Waals surface area contributed by atoms with Crippen LogP contribution in [0, 0.1) is 0 Å². The fraction of sp³-hybridized carbons (Fsp3) is 0.250. The predicted molar refractivity (Wildman–Crippen MR) is 44.0 cm³/mol. The van der Waals surface area contributed by atoms with Gasteiger partial charge >= 0.3 is 0 Å². The van der Waals surface area contributed by atoms with Crippen LogP contribution < -0.4 is 0 Å². The maximum Gasteiger partial charge on any atom is 0.273 e. The molecule has 0 saturated carbocycles. The summed E-state index contributed by atoms with van der Waals surface area (Å²) in [5.74, 6) is 0. The van der Waals surface area contributed by atoms with E-state index in [0.29, 0.717) is 4.47 Å². The van der Waals surface area contributed by atoms with Crippen LogP contribution in [-0.2, 0) is 0 Å². The van der Waals surface area contributed by atoms with E-state index in [0.717, 1.165) is 0 Å². The second-order valence-electron chi connectivity index (χ2n) is 2.29. The summed E-state index contributed by atoms with van der Waals surface area (Å²) in [5.41, 5.74) is -0.000579. The van der Waals surface area contributed by atoms with Gasteiger partial charge in [-0.05, 0) is 17.7 Å². The number of benzene rings is 1. The Morgan fingerprint density at radius 3 is 2.33 bits per heavy atom. The lowest BCUT2D eigenvalue weighted by atomic mass is 10.1. The van der Waals surface area contributed by atoms with E-state index >= 15 is 0 Å². The average molecular weight is 239 g/mol. The summed E-state index contributed by atoms with van der Waals surface area (Å²) >= 11 is 3.07. The minimum atomic E-state index is -2.96. The van der Waals surface area contributed by atoms with Crippen molar-refractivity contribution >= 4 is 15.9 Å². The molecule has 1 aromatic carbocycles. The third-order valence-electron chi connectivity index (χ3n) is 1.39. The molecule has 0 amide bonds. The van der Waals surface area contributed by atoms with Gasteiger partial charge in [-0.2, -0.15) is 0 Å². The van der Waals surface area contributed by atoms with Crippen LogP contribution >= 0.6 is 15.9 Å². The van der Waals surface area contributed by atoms with Gasteiger partial charge in [0.15, 0.2) is 6.17 Å². The zero-order valence-corrected chi connectivity index (χ0v) is 7.56. The Morgan fingerprint density at radius 1 is 1.17 bits per heavy atom. The fourth-order valence-electron chi connectivity index (χ4n) is 0.824. The first-order valence-electron chi connectivity index (χ1n) is 3.29. The number of halogens is 4. The summed E-state index contributed by atoms with van der Waals surface area (Å²) in [6.07, 6.45) is -5.15. The van der Waals surface area contributed by atoms with Gasteiger partial charge in [0.25, 0.3) is 6.43 Å². The van der Waals surface area contributed by atoms with Gasteiger partial charge in [0.2, 0.25) is 0 Å². The van der Waals surface area contributed by atoms with Crippen LogP contribution in [0.4, 0.5) is 13.2 Å². The molecule has 1 aromatic rings. The van der Waals surface area contributed by atoms with Crippen LogP contribution in [-0.4, -0.2) is 6.43 Å². The first kappa shape index (κ1) is 9.58. The quantitative estimate of drug-likeness (QED) is 0.737. The largest absolute Gasteiger partial charge is 0.273 e. The third-order valence-corrected chi connectivity index (χ3v) is 1.88. The maximum atomic E-state index is 12.7. The van der Waals surface area contributed by atoms with Crippen molar-refractivity contribution in [2.24, 2.45) is 0 Å². The SMILES string of the molecule is FC(F)C(F)c1cccc(Br)c1. The molecule has 1 atom stereocenters. The van der Waals surface area contributed by atoms with Crippen molar-refractivity contribution in [1.82, 2.24) is 0 Å².